The molecular formula is C35H42N2O4. The summed E-state index contributed by atoms with van der Waals surface area (Å²) in [5.74, 6) is -1.00. The van der Waals surface area contributed by atoms with Crippen LogP contribution in [0.3, 0.4) is 0 Å². The summed E-state index contributed by atoms with van der Waals surface area (Å²) in [5, 5.41) is 13.7. The highest BCUT2D eigenvalue weighted by molar-refractivity contribution is 6.14. The molecule has 1 aliphatic carbocycles. The maximum absolute atomic E-state index is 13.7. The molecule has 0 spiro atoms. The van der Waals surface area contributed by atoms with Crippen molar-refractivity contribution >= 4 is 28.8 Å². The Morgan fingerprint density at radius 1 is 1.00 bits per heavy atom. The summed E-state index contributed by atoms with van der Waals surface area (Å²) in [6, 6.07) is 16.7. The van der Waals surface area contributed by atoms with Crippen molar-refractivity contribution in [1.82, 2.24) is 0 Å². The quantitative estimate of drug-likeness (QED) is 0.181. The minimum absolute atomic E-state index is 0.0686. The van der Waals surface area contributed by atoms with Crippen LogP contribution in [0.2, 0.25) is 0 Å². The molecule has 2 aromatic carbocycles. The lowest BCUT2D eigenvalue weighted by Gasteiger charge is -2.43. The molecule has 0 bridgehead atoms. The van der Waals surface area contributed by atoms with Crippen LogP contribution in [0.4, 0.5) is 11.4 Å². The van der Waals surface area contributed by atoms with E-state index in [0.717, 1.165) is 55.1 Å². The second-order valence-corrected chi connectivity index (χ2v) is 12.4. The highest BCUT2D eigenvalue weighted by Crippen LogP contribution is 2.49. The lowest BCUT2D eigenvalue weighted by molar-refractivity contribution is -0.433. The Bertz CT molecular complexity index is 1460. The molecule has 1 fully saturated rings. The number of Topliss-reactive ketones (excluding diaryl/α,β-unsaturated/α-hetero) is 1. The second-order valence-electron chi connectivity index (χ2n) is 12.4. The van der Waals surface area contributed by atoms with Gasteiger partial charge in [0.2, 0.25) is 5.69 Å². The monoisotopic (exact) mass is 554 g/mol. The topological polar surface area (TPSA) is 72.7 Å². The Hall–Kier alpha value is -3.51. The van der Waals surface area contributed by atoms with Crippen molar-refractivity contribution in [2.24, 2.45) is 5.92 Å². The molecule has 0 saturated heterocycles. The molecule has 2 atom stereocenters. The van der Waals surface area contributed by atoms with E-state index >= 15 is 0 Å². The Balaban J connectivity index is 1.40. The molecule has 5 rings (SSSR count). The van der Waals surface area contributed by atoms with Crippen LogP contribution >= 0.6 is 0 Å². The highest BCUT2D eigenvalue weighted by atomic mass is 16.5. The van der Waals surface area contributed by atoms with Gasteiger partial charge in [-0.25, -0.2) is 0 Å². The number of fused-ring (bicyclic) bond motifs is 2. The lowest BCUT2D eigenvalue weighted by Crippen LogP contribution is -2.53. The van der Waals surface area contributed by atoms with Crippen LogP contribution in [0.25, 0.3) is 0 Å². The number of benzene rings is 2. The summed E-state index contributed by atoms with van der Waals surface area (Å²) in [5.41, 5.74) is 6.51. The molecule has 6 heteroatoms. The largest absolute Gasteiger partial charge is 0.848 e. The van der Waals surface area contributed by atoms with Gasteiger partial charge >= 0.3 is 5.97 Å². The average Bonchev–Trinajstić information content (AvgIpc) is 3.30. The van der Waals surface area contributed by atoms with Gasteiger partial charge < -0.3 is 14.7 Å². The number of carbonyl (C=O) groups is 2. The fourth-order valence-electron chi connectivity index (χ4n) is 6.79. The predicted molar refractivity (Wildman–Crippen MR) is 161 cm³/mol. The predicted octanol–water partition coefficient (Wildman–Crippen LogP) is 5.35. The number of nitrogens with zero attached hydrogens (tertiary/aromatic N) is 2. The van der Waals surface area contributed by atoms with Crippen LogP contribution in [-0.2, 0) is 25.2 Å². The number of para-hydroxylation sites is 2. The maximum atomic E-state index is 13.7. The van der Waals surface area contributed by atoms with Gasteiger partial charge in [-0.3, -0.25) is 9.59 Å². The molecule has 216 valence electrons. The molecule has 3 aliphatic rings. The number of ether oxygens (including phenoxy) is 1. The van der Waals surface area contributed by atoms with E-state index < -0.39 is 12.0 Å². The van der Waals surface area contributed by atoms with Gasteiger partial charge in [-0.05, 0) is 57.2 Å². The molecule has 0 N–H and O–H groups in total. The van der Waals surface area contributed by atoms with Crippen LogP contribution in [0.15, 0.2) is 72.0 Å². The van der Waals surface area contributed by atoms with E-state index in [2.05, 4.69) is 68.4 Å². The molecule has 2 heterocycles. The van der Waals surface area contributed by atoms with E-state index in [4.69, 9.17) is 4.74 Å². The van der Waals surface area contributed by atoms with Gasteiger partial charge in [0.15, 0.2) is 11.5 Å². The summed E-state index contributed by atoms with van der Waals surface area (Å²) in [4.78, 5) is 26.9. The van der Waals surface area contributed by atoms with Crippen molar-refractivity contribution < 1.29 is 24.0 Å². The number of hydrogen-bond donors (Lipinski definition) is 0. The molecule has 6 nitrogen and oxygen atoms in total. The molecule has 0 amide bonds. The highest BCUT2D eigenvalue weighted by Gasteiger charge is 2.47. The molecule has 0 radical (unpaired) electrons. The van der Waals surface area contributed by atoms with Gasteiger partial charge in [0.05, 0.1) is 12.0 Å². The van der Waals surface area contributed by atoms with E-state index in [1.165, 1.54) is 18.1 Å². The minimum Gasteiger partial charge on any atom is -0.848 e. The van der Waals surface area contributed by atoms with Crippen LogP contribution in [0.1, 0.15) is 71.9 Å². The van der Waals surface area contributed by atoms with Crippen molar-refractivity contribution in [1.29, 1.82) is 0 Å². The first-order valence-electron chi connectivity index (χ1n) is 14.9. The zero-order valence-corrected chi connectivity index (χ0v) is 25.2. The number of allylic oxidation sites excluding steroid dienone is 2. The van der Waals surface area contributed by atoms with Crippen molar-refractivity contribution in [3.8, 4) is 0 Å². The van der Waals surface area contributed by atoms with Crippen LogP contribution in [0, 0.1) is 5.92 Å². The summed E-state index contributed by atoms with van der Waals surface area (Å²) in [6.45, 7) is 14.2. The van der Waals surface area contributed by atoms with E-state index in [0.29, 0.717) is 12.2 Å². The Kier molecular flexibility index (Phi) is 7.82. The minimum atomic E-state index is -1.09. The molecule has 2 aromatic rings. The number of unbranched alkanes of at least 4 members (excludes halogenated alkanes) is 2. The first kappa shape index (κ1) is 29.0. The number of hydrogen-bond acceptors (Lipinski definition) is 5. The lowest BCUT2D eigenvalue weighted by atomic mass is 9.71. The molecule has 41 heavy (non-hydrogen) atoms. The Labute approximate surface area is 244 Å². The van der Waals surface area contributed by atoms with Gasteiger partial charge in [0, 0.05) is 53.9 Å². The SMILES string of the molecule is CC[N+]1=C(C=C2C(=O)C(C=C3N(CCCCCOC(C)=O)c4ccccc4C3(C)C)C2[O-])C(C)(C)c2ccccc21. The summed E-state index contributed by atoms with van der Waals surface area (Å²) in [6.07, 6.45) is 5.38. The third-order valence-electron chi connectivity index (χ3n) is 9.10. The van der Waals surface area contributed by atoms with Crippen LogP contribution in [-0.4, -0.2) is 47.8 Å². The van der Waals surface area contributed by atoms with Crippen molar-refractivity contribution in [3.05, 3.63) is 83.1 Å². The molecule has 1 saturated carbocycles. The fourth-order valence-corrected chi connectivity index (χ4v) is 6.79. The van der Waals surface area contributed by atoms with Crippen molar-refractivity contribution in [3.63, 3.8) is 0 Å². The summed E-state index contributed by atoms with van der Waals surface area (Å²) in [7, 11) is 0. The van der Waals surface area contributed by atoms with Gasteiger partial charge in [-0.2, -0.15) is 4.58 Å². The average molecular weight is 555 g/mol. The number of ketones is 1. The standard InChI is InChI=1S/C35H42N2O4/c1-7-36-28-17-11-9-15-26(28)34(3,4)30(36)21-24-32(39)25(33(24)40)22-31-35(5,6)27-16-10-12-18-29(27)37(31)19-13-8-14-20-41-23(2)38/h9-12,15-18,21-22,25,32H,7-8,13-14,19-20H2,1-6H3. The van der Waals surface area contributed by atoms with E-state index in [-0.39, 0.29) is 22.6 Å². The third-order valence-corrected chi connectivity index (χ3v) is 9.10. The zero-order valence-electron chi connectivity index (χ0n) is 25.2. The summed E-state index contributed by atoms with van der Waals surface area (Å²) >= 11 is 0. The molecule has 0 aromatic heterocycles. The van der Waals surface area contributed by atoms with Gasteiger partial charge in [-0.15, -0.1) is 0 Å². The third kappa shape index (κ3) is 4.97. The maximum Gasteiger partial charge on any atom is 0.302 e. The van der Waals surface area contributed by atoms with Gasteiger partial charge in [0.1, 0.15) is 6.54 Å². The van der Waals surface area contributed by atoms with Gasteiger partial charge in [-0.1, -0.05) is 62.4 Å². The van der Waals surface area contributed by atoms with Crippen molar-refractivity contribution in [2.45, 2.75) is 77.7 Å². The number of rotatable bonds is 9. The van der Waals surface area contributed by atoms with E-state index in [9.17, 15) is 14.7 Å². The zero-order chi connectivity index (χ0) is 29.5. The Morgan fingerprint density at radius 2 is 1.68 bits per heavy atom. The fraction of sp³-hybridized carbons (Fsp3) is 0.457. The van der Waals surface area contributed by atoms with E-state index in [1.54, 1.807) is 0 Å². The number of anilines is 1. The smallest absolute Gasteiger partial charge is 0.302 e. The first-order valence-corrected chi connectivity index (χ1v) is 14.9. The summed E-state index contributed by atoms with van der Waals surface area (Å²) < 4.78 is 7.31. The number of esters is 1. The molecule has 2 aliphatic heterocycles. The molecular weight excluding hydrogens is 512 g/mol. The Morgan fingerprint density at radius 3 is 2.37 bits per heavy atom. The first-order chi connectivity index (χ1) is 19.5. The van der Waals surface area contributed by atoms with Crippen molar-refractivity contribution in [2.75, 3.05) is 24.6 Å². The van der Waals surface area contributed by atoms with Crippen LogP contribution in [0.5, 0.6) is 0 Å². The van der Waals surface area contributed by atoms with Crippen LogP contribution < -0.4 is 10.0 Å². The molecule has 2 unspecified atom stereocenters. The normalized spacial score (nSPS) is 24.1. The second kappa shape index (κ2) is 11.1. The van der Waals surface area contributed by atoms with E-state index in [1.807, 2.05) is 36.4 Å². The number of carbonyl (C=O) groups excluding carboxylic acids is 2. The van der Waals surface area contributed by atoms with Gasteiger partial charge in [0.25, 0.3) is 0 Å².